The van der Waals surface area contributed by atoms with Crippen molar-refractivity contribution in [1.29, 1.82) is 0 Å². The van der Waals surface area contributed by atoms with E-state index in [1.807, 2.05) is 30.8 Å². The first-order chi connectivity index (χ1) is 6.27. The van der Waals surface area contributed by atoms with E-state index in [-0.39, 0.29) is 0 Å². The van der Waals surface area contributed by atoms with Gasteiger partial charge >= 0.3 is 0 Å². The molecular weight excluding hydrogens is 200 g/mol. The minimum Gasteiger partial charge on any atom is -0.293 e. The maximum atomic E-state index is 11.9. The molecule has 1 saturated heterocycles. The van der Waals surface area contributed by atoms with Crippen LogP contribution in [0.2, 0.25) is 0 Å². The molecule has 13 heavy (non-hydrogen) atoms. The van der Waals surface area contributed by atoms with E-state index in [2.05, 4.69) is 0 Å². The first-order valence-corrected chi connectivity index (χ1v) is 6.43. The molecule has 1 atom stereocenters. The summed E-state index contributed by atoms with van der Waals surface area (Å²) in [5, 5.41) is 0. The van der Waals surface area contributed by atoms with Crippen LogP contribution in [0.15, 0.2) is 12.1 Å². The first kappa shape index (κ1) is 9.28. The van der Waals surface area contributed by atoms with Gasteiger partial charge in [-0.3, -0.25) is 4.79 Å². The van der Waals surface area contributed by atoms with Crippen molar-refractivity contribution in [3.8, 4) is 0 Å². The van der Waals surface area contributed by atoms with Crippen molar-refractivity contribution in [3.05, 3.63) is 21.9 Å². The van der Waals surface area contributed by atoms with Crippen LogP contribution < -0.4 is 0 Å². The molecule has 1 aromatic heterocycles. The second kappa shape index (κ2) is 3.84. The second-order valence-electron chi connectivity index (χ2n) is 3.34. The summed E-state index contributed by atoms with van der Waals surface area (Å²) in [4.78, 5) is 14.0. The van der Waals surface area contributed by atoms with Crippen LogP contribution in [-0.2, 0) is 0 Å². The highest BCUT2D eigenvalue weighted by molar-refractivity contribution is 7.99. The Kier molecular flexibility index (Phi) is 2.74. The van der Waals surface area contributed by atoms with Crippen LogP contribution in [-0.4, -0.2) is 17.3 Å². The fraction of sp³-hybridized carbons (Fsp3) is 0.500. The summed E-state index contributed by atoms with van der Waals surface area (Å²) < 4.78 is 0. The van der Waals surface area contributed by atoms with E-state index in [4.69, 9.17) is 0 Å². The van der Waals surface area contributed by atoms with Gasteiger partial charge < -0.3 is 0 Å². The number of carbonyl (C=O) groups is 1. The van der Waals surface area contributed by atoms with Crippen LogP contribution >= 0.6 is 23.1 Å². The van der Waals surface area contributed by atoms with Crippen LogP contribution in [0, 0.1) is 12.8 Å². The Morgan fingerprint density at radius 3 is 2.92 bits per heavy atom. The number of thiophene rings is 1. The lowest BCUT2D eigenvalue weighted by Gasteiger charge is -2.03. The third-order valence-electron chi connectivity index (χ3n) is 2.28. The molecule has 0 N–H and O–H groups in total. The van der Waals surface area contributed by atoms with Crippen LogP contribution in [0.5, 0.6) is 0 Å². The largest absolute Gasteiger partial charge is 0.293 e. The van der Waals surface area contributed by atoms with Crippen LogP contribution in [0.3, 0.4) is 0 Å². The van der Waals surface area contributed by atoms with Crippen molar-refractivity contribution in [2.24, 2.45) is 5.92 Å². The van der Waals surface area contributed by atoms with E-state index in [0.29, 0.717) is 11.7 Å². The number of hydrogen-bond donors (Lipinski definition) is 0. The van der Waals surface area contributed by atoms with Gasteiger partial charge in [-0.25, -0.2) is 0 Å². The summed E-state index contributed by atoms with van der Waals surface area (Å²) in [6, 6.07) is 3.99. The van der Waals surface area contributed by atoms with Gasteiger partial charge in [0.2, 0.25) is 0 Å². The minimum absolute atomic E-state index is 0.294. The normalized spacial score (nSPS) is 22.1. The highest BCUT2D eigenvalue weighted by Crippen LogP contribution is 2.28. The lowest BCUT2D eigenvalue weighted by Crippen LogP contribution is -2.12. The molecular formula is C10H12OS2. The second-order valence-corrected chi connectivity index (χ2v) is 5.77. The Morgan fingerprint density at radius 1 is 1.54 bits per heavy atom. The Labute approximate surface area is 86.5 Å². The summed E-state index contributed by atoms with van der Waals surface area (Å²) in [5.41, 5.74) is 0. The summed E-state index contributed by atoms with van der Waals surface area (Å²) >= 11 is 3.52. The van der Waals surface area contributed by atoms with Crippen molar-refractivity contribution in [2.75, 3.05) is 11.5 Å². The van der Waals surface area contributed by atoms with Gasteiger partial charge in [0.25, 0.3) is 0 Å². The molecule has 0 saturated carbocycles. The van der Waals surface area contributed by atoms with Gasteiger partial charge in [-0.15, -0.1) is 11.3 Å². The van der Waals surface area contributed by atoms with E-state index in [9.17, 15) is 4.79 Å². The maximum Gasteiger partial charge on any atom is 0.176 e. The molecule has 0 aliphatic carbocycles. The number of aryl methyl sites for hydroxylation is 1. The average molecular weight is 212 g/mol. The van der Waals surface area contributed by atoms with Crippen molar-refractivity contribution in [3.63, 3.8) is 0 Å². The minimum atomic E-state index is 0.294. The number of hydrogen-bond acceptors (Lipinski definition) is 3. The molecule has 1 aliphatic rings. The van der Waals surface area contributed by atoms with Gasteiger partial charge in [-0.1, -0.05) is 0 Å². The molecule has 1 unspecified atom stereocenters. The van der Waals surface area contributed by atoms with Crippen LogP contribution in [0.1, 0.15) is 21.0 Å². The lowest BCUT2D eigenvalue weighted by atomic mass is 10.0. The molecule has 2 rings (SSSR count). The van der Waals surface area contributed by atoms with E-state index >= 15 is 0 Å². The molecule has 0 amide bonds. The van der Waals surface area contributed by atoms with Crippen molar-refractivity contribution in [2.45, 2.75) is 13.3 Å². The van der Waals surface area contributed by atoms with E-state index in [1.165, 1.54) is 4.88 Å². The first-order valence-electron chi connectivity index (χ1n) is 4.46. The molecule has 1 fully saturated rings. The smallest absolute Gasteiger partial charge is 0.176 e. The van der Waals surface area contributed by atoms with Gasteiger partial charge in [0.1, 0.15) is 0 Å². The molecule has 2 heterocycles. The zero-order valence-electron chi connectivity index (χ0n) is 7.58. The number of ketones is 1. The Hall–Kier alpha value is -0.280. The zero-order chi connectivity index (χ0) is 9.26. The number of carbonyl (C=O) groups excluding carboxylic acids is 1. The average Bonchev–Trinajstić information content (AvgIpc) is 2.72. The van der Waals surface area contributed by atoms with Crippen LogP contribution in [0.4, 0.5) is 0 Å². The Morgan fingerprint density at radius 2 is 2.38 bits per heavy atom. The third-order valence-corrected chi connectivity index (χ3v) is 4.46. The van der Waals surface area contributed by atoms with E-state index in [1.54, 1.807) is 11.3 Å². The maximum absolute atomic E-state index is 11.9. The summed E-state index contributed by atoms with van der Waals surface area (Å²) in [6.07, 6.45) is 1.07. The molecule has 3 heteroatoms. The Bertz CT molecular complexity index is 310. The van der Waals surface area contributed by atoms with Gasteiger partial charge in [0.15, 0.2) is 5.78 Å². The fourth-order valence-electron chi connectivity index (χ4n) is 1.51. The molecule has 1 aromatic rings. The predicted molar refractivity (Wildman–Crippen MR) is 58.8 cm³/mol. The number of thioether (sulfide) groups is 1. The third kappa shape index (κ3) is 1.97. The van der Waals surface area contributed by atoms with Gasteiger partial charge in [-0.05, 0) is 31.2 Å². The Balaban J connectivity index is 2.12. The topological polar surface area (TPSA) is 17.1 Å². The summed E-state index contributed by atoms with van der Waals surface area (Å²) in [5.74, 6) is 2.84. The highest BCUT2D eigenvalue weighted by Gasteiger charge is 2.24. The van der Waals surface area contributed by atoms with Crippen molar-refractivity contribution in [1.82, 2.24) is 0 Å². The zero-order valence-corrected chi connectivity index (χ0v) is 9.21. The number of Topliss-reactive ketones (excluding diaryl/α,β-unsaturated/α-hetero) is 1. The molecule has 1 aliphatic heterocycles. The molecule has 0 aromatic carbocycles. The predicted octanol–water partition coefficient (Wildman–Crippen LogP) is 2.99. The highest BCUT2D eigenvalue weighted by atomic mass is 32.2. The van der Waals surface area contributed by atoms with Crippen LogP contribution in [0.25, 0.3) is 0 Å². The molecule has 0 bridgehead atoms. The fourth-order valence-corrected chi connectivity index (χ4v) is 3.62. The van der Waals surface area contributed by atoms with E-state index < -0.39 is 0 Å². The van der Waals surface area contributed by atoms with Gasteiger partial charge in [0, 0.05) is 16.5 Å². The molecule has 70 valence electrons. The lowest BCUT2D eigenvalue weighted by molar-refractivity contribution is 0.0938. The van der Waals surface area contributed by atoms with Crippen molar-refractivity contribution < 1.29 is 4.79 Å². The van der Waals surface area contributed by atoms with E-state index in [0.717, 1.165) is 22.8 Å². The van der Waals surface area contributed by atoms with Gasteiger partial charge in [0.05, 0.1) is 4.88 Å². The quantitative estimate of drug-likeness (QED) is 0.701. The summed E-state index contributed by atoms with van der Waals surface area (Å²) in [6.45, 7) is 2.05. The van der Waals surface area contributed by atoms with Gasteiger partial charge in [-0.2, -0.15) is 11.8 Å². The molecule has 0 radical (unpaired) electrons. The van der Waals surface area contributed by atoms with Crippen molar-refractivity contribution >= 4 is 28.9 Å². The standard InChI is InChI=1S/C10H12OS2/c1-7-2-3-9(13-7)10(11)8-4-5-12-6-8/h2-3,8H,4-6H2,1H3. The molecule has 0 spiro atoms. The monoisotopic (exact) mass is 212 g/mol. The molecule has 1 nitrogen and oxygen atoms in total. The number of rotatable bonds is 2. The summed E-state index contributed by atoms with van der Waals surface area (Å²) in [7, 11) is 0. The SMILES string of the molecule is Cc1ccc(C(=O)C2CCSC2)s1.